The number of nitriles is 1. The van der Waals surface area contributed by atoms with Gasteiger partial charge in [0.25, 0.3) is 5.91 Å². The third kappa shape index (κ3) is 4.64. The van der Waals surface area contributed by atoms with E-state index in [0.29, 0.717) is 23.1 Å². The van der Waals surface area contributed by atoms with Crippen LogP contribution in [0.25, 0.3) is 0 Å². The van der Waals surface area contributed by atoms with Crippen LogP contribution in [0.1, 0.15) is 0 Å². The first kappa shape index (κ1) is 15.6. The highest BCUT2D eigenvalue weighted by Gasteiger charge is 2.12. The van der Waals surface area contributed by atoms with Crippen molar-refractivity contribution in [3.63, 3.8) is 0 Å². The lowest BCUT2D eigenvalue weighted by atomic mass is 10.2. The highest BCUT2D eigenvalue weighted by atomic mass is 35.5. The molecule has 0 aromatic heterocycles. The molecule has 0 unspecified atom stereocenters. The number of nitrogens with one attached hydrogen (secondary N) is 2. The first-order chi connectivity index (χ1) is 9.10. The van der Waals surface area contributed by atoms with E-state index in [1.165, 1.54) is 6.20 Å². The van der Waals surface area contributed by atoms with Gasteiger partial charge in [-0.1, -0.05) is 29.3 Å². The van der Waals surface area contributed by atoms with E-state index in [4.69, 9.17) is 40.1 Å². The van der Waals surface area contributed by atoms with Gasteiger partial charge in [-0.15, -0.1) is 11.6 Å². The number of hydrogen-bond acceptors (Lipinski definition) is 3. The van der Waals surface area contributed by atoms with Gasteiger partial charge < -0.3 is 10.6 Å². The quantitative estimate of drug-likeness (QED) is 0.379. The molecule has 2 N–H and O–H groups in total. The molecule has 100 valence electrons. The molecule has 19 heavy (non-hydrogen) atoms. The van der Waals surface area contributed by atoms with Crippen LogP contribution in [0.3, 0.4) is 0 Å². The zero-order valence-electron chi connectivity index (χ0n) is 9.71. The second-order valence-corrected chi connectivity index (χ2v) is 4.53. The smallest absolute Gasteiger partial charge is 0.267 e. The first-order valence-corrected chi connectivity index (χ1v) is 6.54. The van der Waals surface area contributed by atoms with E-state index in [1.54, 1.807) is 24.3 Å². The summed E-state index contributed by atoms with van der Waals surface area (Å²) in [5, 5.41) is 14.7. The maximum Gasteiger partial charge on any atom is 0.267 e. The van der Waals surface area contributed by atoms with E-state index in [-0.39, 0.29) is 10.6 Å². The van der Waals surface area contributed by atoms with Crippen LogP contribution in [0.5, 0.6) is 0 Å². The Bertz CT molecular complexity index is 538. The maximum atomic E-state index is 11.8. The van der Waals surface area contributed by atoms with Gasteiger partial charge >= 0.3 is 0 Å². The number of amides is 1. The molecule has 0 fully saturated rings. The molecule has 0 saturated carbocycles. The minimum Gasteiger partial charge on any atom is -0.388 e. The van der Waals surface area contributed by atoms with Gasteiger partial charge in [-0.05, 0) is 12.1 Å². The summed E-state index contributed by atoms with van der Waals surface area (Å²) < 4.78 is 0. The molecule has 0 aliphatic carbocycles. The van der Waals surface area contributed by atoms with Crippen molar-refractivity contribution in [2.75, 3.05) is 17.7 Å². The van der Waals surface area contributed by atoms with Crippen LogP contribution in [0, 0.1) is 11.3 Å². The molecule has 1 aromatic carbocycles. The van der Waals surface area contributed by atoms with Crippen LogP contribution < -0.4 is 10.6 Å². The molecule has 0 bridgehead atoms. The molecule has 0 atom stereocenters. The fourth-order valence-electron chi connectivity index (χ4n) is 1.17. The van der Waals surface area contributed by atoms with E-state index in [1.807, 2.05) is 0 Å². The van der Waals surface area contributed by atoms with Crippen LogP contribution in [-0.4, -0.2) is 18.3 Å². The highest BCUT2D eigenvalue weighted by Crippen LogP contribution is 2.29. The summed E-state index contributed by atoms with van der Waals surface area (Å²) in [6.45, 7) is 0.456. The topological polar surface area (TPSA) is 64.9 Å². The van der Waals surface area contributed by atoms with Crippen molar-refractivity contribution in [3.05, 3.63) is 40.0 Å². The summed E-state index contributed by atoms with van der Waals surface area (Å²) in [6.07, 6.45) is 1.30. The third-order valence-corrected chi connectivity index (χ3v) is 3.06. The Hall–Kier alpha value is -1.41. The number of rotatable bonds is 5. The van der Waals surface area contributed by atoms with Gasteiger partial charge in [0.2, 0.25) is 0 Å². The number of alkyl halides is 1. The van der Waals surface area contributed by atoms with Crippen LogP contribution in [-0.2, 0) is 4.79 Å². The monoisotopic (exact) mass is 317 g/mol. The van der Waals surface area contributed by atoms with Crippen molar-refractivity contribution >= 4 is 46.4 Å². The fraction of sp³-hybridized carbons (Fsp3) is 0.167. The van der Waals surface area contributed by atoms with Crippen LogP contribution in [0.15, 0.2) is 30.0 Å². The molecule has 0 saturated heterocycles. The number of carbonyl (C=O) groups is 1. The van der Waals surface area contributed by atoms with Crippen molar-refractivity contribution in [2.45, 2.75) is 0 Å². The molecule has 0 heterocycles. The predicted octanol–water partition coefficient (Wildman–Crippen LogP) is 3.17. The molecule has 0 aliphatic heterocycles. The molecular formula is C12H10Cl3N3O. The average molecular weight is 319 g/mol. The second kappa shape index (κ2) is 7.90. The Morgan fingerprint density at radius 3 is 2.79 bits per heavy atom. The second-order valence-electron chi connectivity index (χ2n) is 3.37. The third-order valence-electron chi connectivity index (χ3n) is 2.05. The van der Waals surface area contributed by atoms with E-state index in [2.05, 4.69) is 10.6 Å². The van der Waals surface area contributed by atoms with Gasteiger partial charge in [0.05, 0.1) is 15.7 Å². The summed E-state index contributed by atoms with van der Waals surface area (Å²) in [5.41, 5.74) is 0.263. The largest absolute Gasteiger partial charge is 0.388 e. The van der Waals surface area contributed by atoms with Gasteiger partial charge in [-0.25, -0.2) is 0 Å². The van der Waals surface area contributed by atoms with Crippen LogP contribution >= 0.6 is 34.8 Å². The normalized spacial score (nSPS) is 10.7. The van der Waals surface area contributed by atoms with Crippen molar-refractivity contribution in [3.8, 4) is 6.07 Å². The SMILES string of the molecule is N#C/C(=C/NCCCl)C(=O)Nc1cccc(Cl)c1Cl. The minimum absolute atomic E-state index is 0.0823. The minimum atomic E-state index is -0.575. The van der Waals surface area contributed by atoms with Crippen molar-refractivity contribution in [1.29, 1.82) is 5.26 Å². The van der Waals surface area contributed by atoms with Gasteiger partial charge in [0.15, 0.2) is 0 Å². The molecule has 1 rings (SSSR count). The lowest BCUT2D eigenvalue weighted by molar-refractivity contribution is -0.112. The number of hydrogen-bond donors (Lipinski definition) is 2. The molecule has 4 nitrogen and oxygen atoms in total. The molecule has 0 aliphatic rings. The number of anilines is 1. The van der Waals surface area contributed by atoms with Gasteiger partial charge in [-0.2, -0.15) is 5.26 Å². The number of carbonyl (C=O) groups excluding carboxylic acids is 1. The highest BCUT2D eigenvalue weighted by molar-refractivity contribution is 6.44. The Morgan fingerprint density at radius 2 is 2.16 bits per heavy atom. The molecule has 1 aromatic rings. The van der Waals surface area contributed by atoms with Crippen molar-refractivity contribution < 1.29 is 4.79 Å². The van der Waals surface area contributed by atoms with Gasteiger partial charge in [0, 0.05) is 18.6 Å². The van der Waals surface area contributed by atoms with Crippen LogP contribution in [0.2, 0.25) is 10.0 Å². The summed E-state index contributed by atoms with van der Waals surface area (Å²) in [4.78, 5) is 11.8. The zero-order valence-corrected chi connectivity index (χ0v) is 12.0. The van der Waals surface area contributed by atoms with Crippen molar-refractivity contribution in [1.82, 2.24) is 5.32 Å². The summed E-state index contributed by atoms with van der Waals surface area (Å²) in [6, 6.07) is 6.62. The number of nitrogens with zero attached hydrogens (tertiary/aromatic N) is 1. The molecule has 0 spiro atoms. The van der Waals surface area contributed by atoms with E-state index < -0.39 is 5.91 Å². The number of halogens is 3. The molecule has 7 heteroatoms. The van der Waals surface area contributed by atoms with E-state index in [9.17, 15) is 4.79 Å². The van der Waals surface area contributed by atoms with E-state index in [0.717, 1.165) is 0 Å². The Labute approximate surface area is 125 Å². The molecule has 0 radical (unpaired) electrons. The van der Waals surface area contributed by atoms with E-state index >= 15 is 0 Å². The standard InChI is InChI=1S/C12H10Cl3N3O/c13-4-5-17-7-8(6-16)12(19)18-10-3-1-2-9(14)11(10)15/h1-3,7,17H,4-5H2,(H,18,19)/b8-7-. The molecule has 1 amide bonds. The lowest BCUT2D eigenvalue weighted by Gasteiger charge is -2.07. The van der Waals surface area contributed by atoms with Gasteiger partial charge in [-0.3, -0.25) is 4.79 Å². The fourth-order valence-corrected chi connectivity index (χ4v) is 1.62. The van der Waals surface area contributed by atoms with Crippen molar-refractivity contribution in [2.24, 2.45) is 0 Å². The van der Waals surface area contributed by atoms with Crippen LogP contribution in [0.4, 0.5) is 5.69 Å². The Balaban J connectivity index is 2.81. The molecular weight excluding hydrogens is 309 g/mol. The summed E-state index contributed by atoms with van der Waals surface area (Å²) in [7, 11) is 0. The summed E-state index contributed by atoms with van der Waals surface area (Å²) >= 11 is 17.2. The maximum absolute atomic E-state index is 11.8. The Morgan fingerprint density at radius 1 is 1.42 bits per heavy atom. The summed E-state index contributed by atoms with van der Waals surface area (Å²) in [5.74, 6) is -0.203. The average Bonchev–Trinajstić information content (AvgIpc) is 2.40. The number of benzene rings is 1. The predicted molar refractivity (Wildman–Crippen MR) is 77.5 cm³/mol. The lowest BCUT2D eigenvalue weighted by Crippen LogP contribution is -2.17. The van der Waals surface area contributed by atoms with Gasteiger partial charge in [0.1, 0.15) is 11.6 Å². The zero-order chi connectivity index (χ0) is 14.3. The Kier molecular flexibility index (Phi) is 6.51. The first-order valence-electron chi connectivity index (χ1n) is 5.25.